The minimum Gasteiger partial charge on any atom is -0.463 e. The van der Waals surface area contributed by atoms with Gasteiger partial charge in [0.05, 0.1) is 17.3 Å². The number of pyridine rings is 1. The Hall–Kier alpha value is -3.15. The predicted octanol–water partition coefficient (Wildman–Crippen LogP) is 4.59. The Balaban J connectivity index is 1.27. The number of nitrogens with one attached hydrogen (secondary N) is 1. The summed E-state index contributed by atoms with van der Waals surface area (Å²) in [7, 11) is 0. The molecule has 0 radical (unpaired) electrons. The van der Waals surface area contributed by atoms with Gasteiger partial charge in [-0.3, -0.25) is 4.79 Å². The first-order valence-electron chi connectivity index (χ1n) is 11.0. The molecule has 3 aromatic rings. The van der Waals surface area contributed by atoms with Gasteiger partial charge in [0.1, 0.15) is 5.69 Å². The fraction of sp³-hybridized carbons (Fsp3) is 0.400. The van der Waals surface area contributed by atoms with Crippen molar-refractivity contribution in [1.29, 1.82) is 0 Å². The summed E-state index contributed by atoms with van der Waals surface area (Å²) in [5.41, 5.74) is 1.58. The summed E-state index contributed by atoms with van der Waals surface area (Å²) in [6, 6.07) is 12.7. The normalized spacial score (nSPS) is 23.1. The zero-order valence-electron chi connectivity index (χ0n) is 17.5. The monoisotopic (exact) mass is 418 g/mol. The van der Waals surface area contributed by atoms with Crippen LogP contribution in [0.5, 0.6) is 0 Å². The molecule has 2 aliphatic carbocycles. The third-order valence-corrected chi connectivity index (χ3v) is 6.87. The van der Waals surface area contributed by atoms with Gasteiger partial charge in [-0.2, -0.15) is 0 Å². The molecule has 2 heterocycles. The number of nitrogens with zero attached hydrogens (tertiary/aromatic N) is 1. The van der Waals surface area contributed by atoms with Crippen molar-refractivity contribution in [3.05, 3.63) is 54.3 Å². The van der Waals surface area contributed by atoms with Crippen molar-refractivity contribution in [2.24, 2.45) is 17.8 Å². The number of hydrogen-bond acceptors (Lipinski definition) is 5. The van der Waals surface area contributed by atoms with E-state index in [-0.39, 0.29) is 18.6 Å². The molecule has 0 spiro atoms. The second-order valence-electron chi connectivity index (χ2n) is 8.82. The highest BCUT2D eigenvalue weighted by atomic mass is 16.5. The van der Waals surface area contributed by atoms with Crippen LogP contribution >= 0.6 is 0 Å². The molecule has 2 saturated carbocycles. The van der Waals surface area contributed by atoms with Crippen LogP contribution in [0.1, 0.15) is 43.0 Å². The van der Waals surface area contributed by atoms with Gasteiger partial charge in [-0.15, -0.1) is 0 Å². The predicted molar refractivity (Wildman–Crippen MR) is 116 cm³/mol. The first-order valence-corrected chi connectivity index (χ1v) is 11.0. The van der Waals surface area contributed by atoms with Crippen LogP contribution in [0.2, 0.25) is 0 Å². The molecule has 1 N–H and O–H groups in total. The molecular weight excluding hydrogens is 392 g/mol. The van der Waals surface area contributed by atoms with E-state index in [9.17, 15) is 9.59 Å². The summed E-state index contributed by atoms with van der Waals surface area (Å²) in [4.78, 5) is 29.9. The highest BCUT2D eigenvalue weighted by Crippen LogP contribution is 2.49. The number of benzene rings is 1. The van der Waals surface area contributed by atoms with E-state index in [1.165, 1.54) is 25.7 Å². The van der Waals surface area contributed by atoms with E-state index in [0.29, 0.717) is 33.8 Å². The summed E-state index contributed by atoms with van der Waals surface area (Å²) in [6.07, 6.45) is 6.67. The van der Waals surface area contributed by atoms with Crippen molar-refractivity contribution in [2.45, 2.75) is 38.6 Å². The Bertz CT molecular complexity index is 1110. The summed E-state index contributed by atoms with van der Waals surface area (Å²) < 4.78 is 10.8. The molecule has 0 unspecified atom stereocenters. The molecule has 2 fully saturated rings. The number of ether oxygens (including phenoxy) is 1. The van der Waals surface area contributed by atoms with Crippen molar-refractivity contribution in [2.75, 3.05) is 6.61 Å². The van der Waals surface area contributed by atoms with Crippen LogP contribution in [0.4, 0.5) is 0 Å². The molecule has 5 rings (SSSR count). The van der Waals surface area contributed by atoms with Crippen LogP contribution in [0.3, 0.4) is 0 Å². The zero-order chi connectivity index (χ0) is 21.4. The van der Waals surface area contributed by atoms with Crippen LogP contribution in [0.15, 0.2) is 53.1 Å². The Labute approximate surface area is 181 Å². The number of amides is 1. The molecule has 0 saturated heterocycles. The highest BCUT2D eigenvalue weighted by molar-refractivity contribution is 6.05. The van der Waals surface area contributed by atoms with Gasteiger partial charge in [0.25, 0.3) is 5.91 Å². The van der Waals surface area contributed by atoms with Gasteiger partial charge < -0.3 is 14.5 Å². The number of aromatic nitrogens is 1. The Morgan fingerprint density at radius 1 is 1.19 bits per heavy atom. The van der Waals surface area contributed by atoms with Gasteiger partial charge >= 0.3 is 5.97 Å². The summed E-state index contributed by atoms with van der Waals surface area (Å²) >= 11 is 0. The summed E-state index contributed by atoms with van der Waals surface area (Å²) in [5, 5.41) is 3.72. The topological polar surface area (TPSA) is 81.4 Å². The molecule has 160 valence electrons. The molecule has 6 nitrogen and oxygen atoms in total. The number of carbonyl (C=O) groups excluding carboxylic acids is 2. The smallest absolute Gasteiger partial charge is 0.339 e. The molecule has 2 aliphatic rings. The van der Waals surface area contributed by atoms with Crippen molar-refractivity contribution in [3.8, 4) is 11.5 Å². The molecule has 0 aliphatic heterocycles. The van der Waals surface area contributed by atoms with E-state index in [0.717, 1.165) is 11.8 Å². The van der Waals surface area contributed by atoms with Gasteiger partial charge in [0, 0.05) is 11.4 Å². The lowest BCUT2D eigenvalue weighted by Crippen LogP contribution is -2.42. The van der Waals surface area contributed by atoms with E-state index in [4.69, 9.17) is 9.15 Å². The van der Waals surface area contributed by atoms with Crippen molar-refractivity contribution < 1.29 is 18.7 Å². The van der Waals surface area contributed by atoms with Crippen LogP contribution in [-0.2, 0) is 9.53 Å². The van der Waals surface area contributed by atoms with Gasteiger partial charge in [-0.05, 0) is 68.2 Å². The first kappa shape index (κ1) is 19.8. The van der Waals surface area contributed by atoms with Crippen LogP contribution in [-0.4, -0.2) is 29.5 Å². The second-order valence-corrected chi connectivity index (χ2v) is 8.82. The van der Waals surface area contributed by atoms with Gasteiger partial charge in [0.15, 0.2) is 12.4 Å². The molecule has 31 heavy (non-hydrogen) atoms. The van der Waals surface area contributed by atoms with Crippen molar-refractivity contribution in [1.82, 2.24) is 10.3 Å². The van der Waals surface area contributed by atoms with Crippen molar-refractivity contribution in [3.63, 3.8) is 0 Å². The number of esters is 1. The minimum atomic E-state index is -0.547. The Morgan fingerprint density at radius 2 is 2.06 bits per heavy atom. The number of hydrogen-bond donors (Lipinski definition) is 1. The SMILES string of the molecule is C[C@H](NC(=O)COC(=O)c1cc(-c2ccco2)nc2ccccc12)[C@H]1C[C@@H]2CC[C@@H]1C2. The van der Waals surface area contributed by atoms with E-state index in [2.05, 4.69) is 17.2 Å². The summed E-state index contributed by atoms with van der Waals surface area (Å²) in [6.45, 7) is 1.77. The van der Waals surface area contributed by atoms with Gasteiger partial charge in [-0.25, -0.2) is 9.78 Å². The number of furan rings is 1. The van der Waals surface area contributed by atoms with Gasteiger partial charge in [0.2, 0.25) is 0 Å². The molecule has 1 aromatic carbocycles. The maximum Gasteiger partial charge on any atom is 0.339 e. The molecule has 4 atom stereocenters. The quantitative estimate of drug-likeness (QED) is 0.592. The van der Waals surface area contributed by atoms with Crippen LogP contribution < -0.4 is 5.32 Å². The van der Waals surface area contributed by atoms with Crippen molar-refractivity contribution >= 4 is 22.8 Å². The fourth-order valence-corrected chi connectivity index (χ4v) is 5.41. The Morgan fingerprint density at radius 3 is 2.81 bits per heavy atom. The number of para-hydroxylation sites is 1. The largest absolute Gasteiger partial charge is 0.463 e. The van der Waals surface area contributed by atoms with E-state index in [1.807, 2.05) is 24.3 Å². The second kappa shape index (κ2) is 8.17. The van der Waals surface area contributed by atoms with Crippen LogP contribution in [0.25, 0.3) is 22.4 Å². The third-order valence-electron chi connectivity index (χ3n) is 6.87. The average Bonchev–Trinajstić information content (AvgIpc) is 3.55. The molecule has 1 amide bonds. The van der Waals surface area contributed by atoms with E-state index >= 15 is 0 Å². The maximum absolute atomic E-state index is 12.9. The van der Waals surface area contributed by atoms with Crippen LogP contribution in [0, 0.1) is 17.8 Å². The lowest BCUT2D eigenvalue weighted by Gasteiger charge is -2.28. The first-order chi connectivity index (χ1) is 15.1. The highest BCUT2D eigenvalue weighted by Gasteiger charge is 2.42. The van der Waals surface area contributed by atoms with E-state index in [1.54, 1.807) is 24.5 Å². The zero-order valence-corrected chi connectivity index (χ0v) is 17.5. The molecule has 2 aromatic heterocycles. The number of carbonyl (C=O) groups is 2. The molecule has 2 bridgehead atoms. The summed E-state index contributed by atoms with van der Waals surface area (Å²) in [5.74, 6) is 1.86. The van der Waals surface area contributed by atoms with E-state index < -0.39 is 5.97 Å². The Kier molecular flexibility index (Phi) is 5.22. The van der Waals surface area contributed by atoms with Gasteiger partial charge in [-0.1, -0.05) is 24.6 Å². The average molecular weight is 418 g/mol. The number of fused-ring (bicyclic) bond motifs is 3. The molecular formula is C25H26N2O4. The number of rotatable bonds is 6. The third kappa shape index (κ3) is 3.94. The lowest BCUT2D eigenvalue weighted by molar-refractivity contribution is -0.125. The standard InChI is InChI=1S/C25H26N2O4/c1-15(19-12-16-8-9-17(19)11-16)26-24(28)14-31-25(29)20-13-22(23-7-4-10-30-23)27-21-6-3-2-5-18(20)21/h2-7,10,13,15-17,19H,8-9,11-12,14H2,1H3,(H,26,28)/t15-,16+,17+,19+/m0/s1. The maximum atomic E-state index is 12.9. The molecule has 6 heteroatoms. The lowest BCUT2D eigenvalue weighted by atomic mass is 9.84. The minimum absolute atomic E-state index is 0.105. The fourth-order valence-electron chi connectivity index (χ4n) is 5.41.